The predicted octanol–water partition coefficient (Wildman–Crippen LogP) is 3.72. The zero-order valence-electron chi connectivity index (χ0n) is 12.0. The summed E-state index contributed by atoms with van der Waals surface area (Å²) < 4.78 is 30.8. The van der Waals surface area contributed by atoms with E-state index in [2.05, 4.69) is 5.32 Å². The van der Waals surface area contributed by atoms with E-state index in [4.69, 9.17) is 16.3 Å². The summed E-state index contributed by atoms with van der Waals surface area (Å²) in [6, 6.07) is 7.35. The van der Waals surface area contributed by atoms with E-state index in [0.717, 1.165) is 17.7 Å². The molecule has 2 aromatic rings. The minimum atomic E-state index is -1.06. The van der Waals surface area contributed by atoms with Gasteiger partial charge in [-0.3, -0.25) is 4.79 Å². The van der Waals surface area contributed by atoms with Crippen molar-refractivity contribution in [1.29, 1.82) is 0 Å². The van der Waals surface area contributed by atoms with E-state index in [1.807, 2.05) is 6.92 Å². The van der Waals surface area contributed by atoms with Crippen LogP contribution in [-0.2, 0) is 9.53 Å². The van der Waals surface area contributed by atoms with Crippen LogP contribution in [0.3, 0.4) is 0 Å². The highest BCUT2D eigenvalue weighted by atomic mass is 35.5. The average molecular weight is 340 g/mol. The Balaban J connectivity index is 1.93. The summed E-state index contributed by atoms with van der Waals surface area (Å²) in [5.74, 6) is -3.53. The number of esters is 1. The molecule has 0 aromatic heterocycles. The van der Waals surface area contributed by atoms with Gasteiger partial charge in [0.05, 0.1) is 5.56 Å². The van der Waals surface area contributed by atoms with E-state index in [0.29, 0.717) is 16.8 Å². The first-order chi connectivity index (χ1) is 10.9. The van der Waals surface area contributed by atoms with Crippen LogP contribution in [0.15, 0.2) is 36.4 Å². The first-order valence-corrected chi connectivity index (χ1v) is 6.93. The summed E-state index contributed by atoms with van der Waals surface area (Å²) in [6.45, 7) is 1.20. The molecule has 0 fully saturated rings. The van der Waals surface area contributed by atoms with Gasteiger partial charge in [0.2, 0.25) is 0 Å². The van der Waals surface area contributed by atoms with Gasteiger partial charge < -0.3 is 10.1 Å². The molecule has 2 rings (SSSR count). The third-order valence-electron chi connectivity index (χ3n) is 2.94. The molecule has 0 saturated heterocycles. The van der Waals surface area contributed by atoms with Gasteiger partial charge in [-0.05, 0) is 36.8 Å². The Hall–Kier alpha value is -2.47. The third kappa shape index (κ3) is 4.50. The Morgan fingerprint density at radius 2 is 1.91 bits per heavy atom. The van der Waals surface area contributed by atoms with Crippen molar-refractivity contribution < 1.29 is 23.1 Å². The number of carbonyl (C=O) groups excluding carboxylic acids is 2. The summed E-state index contributed by atoms with van der Waals surface area (Å²) in [4.78, 5) is 23.3. The molecule has 0 aliphatic rings. The molecule has 0 spiro atoms. The first-order valence-electron chi connectivity index (χ1n) is 6.55. The molecule has 0 aliphatic heterocycles. The van der Waals surface area contributed by atoms with E-state index < -0.39 is 35.7 Å². The van der Waals surface area contributed by atoms with Crippen LogP contribution < -0.4 is 5.32 Å². The molecule has 0 bridgehead atoms. The largest absolute Gasteiger partial charge is 0.452 e. The van der Waals surface area contributed by atoms with Crippen molar-refractivity contribution in [3.8, 4) is 0 Å². The van der Waals surface area contributed by atoms with Gasteiger partial charge in [-0.1, -0.05) is 17.7 Å². The van der Waals surface area contributed by atoms with Gasteiger partial charge in [-0.2, -0.15) is 0 Å². The molecule has 1 amide bonds. The van der Waals surface area contributed by atoms with Crippen molar-refractivity contribution in [2.24, 2.45) is 0 Å². The summed E-state index contributed by atoms with van der Waals surface area (Å²) in [7, 11) is 0. The van der Waals surface area contributed by atoms with E-state index >= 15 is 0 Å². The maximum absolute atomic E-state index is 13.4. The Morgan fingerprint density at radius 1 is 1.17 bits per heavy atom. The zero-order valence-corrected chi connectivity index (χ0v) is 12.8. The van der Waals surface area contributed by atoms with E-state index in [-0.39, 0.29) is 0 Å². The summed E-state index contributed by atoms with van der Waals surface area (Å²) >= 11 is 5.93. The smallest absolute Gasteiger partial charge is 0.341 e. The third-order valence-corrected chi connectivity index (χ3v) is 3.35. The molecule has 23 heavy (non-hydrogen) atoms. The van der Waals surface area contributed by atoms with Crippen molar-refractivity contribution in [2.75, 3.05) is 11.9 Å². The monoisotopic (exact) mass is 339 g/mol. The van der Waals surface area contributed by atoms with Crippen molar-refractivity contribution in [3.05, 3.63) is 64.2 Å². The lowest BCUT2D eigenvalue weighted by Gasteiger charge is -2.08. The minimum Gasteiger partial charge on any atom is -0.452 e. The van der Waals surface area contributed by atoms with Crippen molar-refractivity contribution in [2.45, 2.75) is 6.92 Å². The van der Waals surface area contributed by atoms with Gasteiger partial charge in [-0.15, -0.1) is 0 Å². The number of nitrogens with one attached hydrogen (secondary N) is 1. The Bertz CT molecular complexity index is 765. The van der Waals surface area contributed by atoms with Crippen LogP contribution in [0.5, 0.6) is 0 Å². The fourth-order valence-electron chi connectivity index (χ4n) is 1.73. The molecular formula is C16H12ClF2NO3. The van der Waals surface area contributed by atoms with E-state index in [1.54, 1.807) is 18.2 Å². The number of amides is 1. The fraction of sp³-hybridized carbons (Fsp3) is 0.125. The van der Waals surface area contributed by atoms with Crippen LogP contribution in [0.4, 0.5) is 14.5 Å². The van der Waals surface area contributed by atoms with Gasteiger partial charge in [0.25, 0.3) is 5.91 Å². The van der Waals surface area contributed by atoms with Crippen molar-refractivity contribution in [3.63, 3.8) is 0 Å². The van der Waals surface area contributed by atoms with Gasteiger partial charge in [0.15, 0.2) is 6.61 Å². The van der Waals surface area contributed by atoms with Gasteiger partial charge in [-0.25, -0.2) is 13.6 Å². The number of aryl methyl sites for hydroxylation is 1. The molecular weight excluding hydrogens is 328 g/mol. The predicted molar refractivity (Wildman–Crippen MR) is 81.5 cm³/mol. The van der Waals surface area contributed by atoms with Crippen LogP contribution >= 0.6 is 11.6 Å². The second kappa shape index (κ2) is 7.19. The molecule has 0 atom stereocenters. The minimum absolute atomic E-state index is 0.439. The number of hydrogen-bond donors (Lipinski definition) is 1. The fourth-order valence-corrected chi connectivity index (χ4v) is 1.91. The number of benzene rings is 2. The highest BCUT2D eigenvalue weighted by molar-refractivity contribution is 6.31. The Kier molecular flexibility index (Phi) is 5.28. The first kappa shape index (κ1) is 16.9. The van der Waals surface area contributed by atoms with Crippen molar-refractivity contribution in [1.82, 2.24) is 0 Å². The number of halogens is 3. The standard InChI is InChI=1S/C16H12ClF2NO3/c1-9-2-4-11(7-13(9)17)20-15(21)8-23-16(22)12-5-3-10(18)6-14(12)19/h2-7H,8H2,1H3,(H,20,21). The van der Waals surface area contributed by atoms with Gasteiger partial charge in [0.1, 0.15) is 11.6 Å². The van der Waals surface area contributed by atoms with Gasteiger partial charge in [0, 0.05) is 16.8 Å². The number of anilines is 1. The number of carbonyl (C=O) groups is 2. The van der Waals surface area contributed by atoms with E-state index in [9.17, 15) is 18.4 Å². The molecule has 0 unspecified atom stereocenters. The number of rotatable bonds is 4. The second-order valence-electron chi connectivity index (χ2n) is 4.71. The highest BCUT2D eigenvalue weighted by Gasteiger charge is 2.15. The average Bonchev–Trinajstić information content (AvgIpc) is 2.48. The summed E-state index contributed by atoms with van der Waals surface area (Å²) in [5, 5.41) is 2.97. The van der Waals surface area contributed by atoms with Crippen LogP contribution in [0.1, 0.15) is 15.9 Å². The normalized spacial score (nSPS) is 10.3. The van der Waals surface area contributed by atoms with Crippen LogP contribution in [0.2, 0.25) is 5.02 Å². The molecule has 1 N–H and O–H groups in total. The molecule has 7 heteroatoms. The zero-order chi connectivity index (χ0) is 17.0. The molecule has 2 aromatic carbocycles. The summed E-state index contributed by atoms with van der Waals surface area (Å²) in [5.41, 5.74) is 0.843. The summed E-state index contributed by atoms with van der Waals surface area (Å²) in [6.07, 6.45) is 0. The maximum atomic E-state index is 13.4. The molecule has 120 valence electrons. The Labute approximate surface area is 136 Å². The Morgan fingerprint density at radius 3 is 2.57 bits per heavy atom. The maximum Gasteiger partial charge on any atom is 0.341 e. The second-order valence-corrected chi connectivity index (χ2v) is 5.12. The number of ether oxygens (including phenoxy) is 1. The molecule has 0 saturated carbocycles. The van der Waals surface area contributed by atoms with Gasteiger partial charge >= 0.3 is 5.97 Å². The molecule has 0 radical (unpaired) electrons. The lowest BCUT2D eigenvalue weighted by atomic mass is 10.2. The molecule has 0 aliphatic carbocycles. The SMILES string of the molecule is Cc1ccc(NC(=O)COC(=O)c2ccc(F)cc2F)cc1Cl. The highest BCUT2D eigenvalue weighted by Crippen LogP contribution is 2.19. The van der Waals surface area contributed by atoms with Crippen LogP contribution in [-0.4, -0.2) is 18.5 Å². The van der Waals surface area contributed by atoms with Crippen LogP contribution in [0, 0.1) is 18.6 Å². The lowest BCUT2D eigenvalue weighted by molar-refractivity contribution is -0.119. The van der Waals surface area contributed by atoms with Crippen LogP contribution in [0.25, 0.3) is 0 Å². The quantitative estimate of drug-likeness (QED) is 0.864. The lowest BCUT2D eigenvalue weighted by Crippen LogP contribution is -2.21. The number of hydrogen-bond acceptors (Lipinski definition) is 3. The topological polar surface area (TPSA) is 55.4 Å². The van der Waals surface area contributed by atoms with Crippen molar-refractivity contribution >= 4 is 29.2 Å². The molecule has 0 heterocycles. The molecule has 4 nitrogen and oxygen atoms in total. The van der Waals surface area contributed by atoms with E-state index in [1.165, 1.54) is 0 Å².